The summed E-state index contributed by atoms with van der Waals surface area (Å²) in [6.45, 7) is 0. The van der Waals surface area contributed by atoms with Crippen molar-refractivity contribution in [3.63, 3.8) is 0 Å². The van der Waals surface area contributed by atoms with Gasteiger partial charge in [-0.25, -0.2) is 18.4 Å². The van der Waals surface area contributed by atoms with E-state index in [9.17, 15) is 23.1 Å². The van der Waals surface area contributed by atoms with E-state index < -0.39 is 32.4 Å². The number of amides is 1. The van der Waals surface area contributed by atoms with E-state index in [1.54, 1.807) is 30.3 Å². The summed E-state index contributed by atoms with van der Waals surface area (Å²) in [5, 5.41) is 15.2. The number of terminal acetylenes is 1. The number of methoxy groups -OCH3 is 1. The third kappa shape index (κ3) is 4.30. The maximum atomic E-state index is 12.8. The molecule has 1 amide bonds. The van der Waals surface area contributed by atoms with E-state index in [2.05, 4.69) is 5.92 Å². The van der Waals surface area contributed by atoms with Crippen molar-refractivity contribution < 1.29 is 27.9 Å². The number of primary sulfonamides is 1. The molecule has 0 aromatic heterocycles. The average Bonchev–Trinajstić information content (AvgIpc) is 2.78. The molecule has 0 unspecified atom stereocenters. The lowest BCUT2D eigenvalue weighted by Crippen LogP contribution is -2.24. The van der Waals surface area contributed by atoms with Crippen LogP contribution in [-0.4, -0.2) is 32.5 Å². The Hall–Kier alpha value is -4.33. The highest BCUT2D eigenvalue weighted by Crippen LogP contribution is 2.44. The van der Waals surface area contributed by atoms with Crippen LogP contribution in [0.4, 0.5) is 5.69 Å². The Bertz CT molecular complexity index is 1460. The van der Waals surface area contributed by atoms with Gasteiger partial charge in [0.15, 0.2) is 0 Å². The number of carboxylic acids is 1. The summed E-state index contributed by atoms with van der Waals surface area (Å²) in [5.41, 5.74) is 11.8. The number of carboxylic acid groups (broad SMARTS) is 1. The second-order valence-corrected chi connectivity index (χ2v) is 8.72. The van der Waals surface area contributed by atoms with E-state index in [0.29, 0.717) is 5.56 Å². The predicted octanol–water partition coefficient (Wildman–Crippen LogP) is 2.23. The molecule has 10 heteroatoms. The maximum absolute atomic E-state index is 12.8. The van der Waals surface area contributed by atoms with Crippen LogP contribution in [-0.2, 0) is 16.4 Å². The van der Waals surface area contributed by atoms with Crippen molar-refractivity contribution in [1.82, 2.24) is 0 Å². The first kappa shape index (κ1) is 24.3. The minimum absolute atomic E-state index is 0.0454. The number of sulfonamides is 1. The molecule has 9 nitrogen and oxygen atoms in total. The van der Waals surface area contributed by atoms with Crippen molar-refractivity contribution in [3.05, 3.63) is 65.2 Å². The van der Waals surface area contributed by atoms with Gasteiger partial charge in [-0.15, -0.1) is 12.3 Å². The molecule has 0 atom stereocenters. The van der Waals surface area contributed by atoms with Crippen molar-refractivity contribution in [2.75, 3.05) is 12.8 Å². The first-order valence-electron chi connectivity index (χ1n) is 9.74. The van der Waals surface area contributed by atoms with E-state index in [1.165, 1.54) is 25.3 Å². The van der Waals surface area contributed by atoms with Crippen molar-refractivity contribution in [2.24, 2.45) is 10.9 Å². The number of benzene rings is 3. The first-order valence-corrected chi connectivity index (χ1v) is 11.3. The van der Waals surface area contributed by atoms with Gasteiger partial charge in [-0.3, -0.25) is 4.79 Å². The predicted molar refractivity (Wildman–Crippen MR) is 128 cm³/mol. The Balaban J connectivity index is 2.67. The Kier molecular flexibility index (Phi) is 6.63. The molecule has 0 heterocycles. The van der Waals surface area contributed by atoms with Gasteiger partial charge in [0.2, 0.25) is 10.0 Å². The van der Waals surface area contributed by atoms with Crippen LogP contribution >= 0.6 is 0 Å². The van der Waals surface area contributed by atoms with Gasteiger partial charge >= 0.3 is 5.97 Å². The lowest BCUT2D eigenvalue weighted by atomic mass is 9.88. The highest BCUT2D eigenvalue weighted by molar-refractivity contribution is 7.89. The zero-order valence-corrected chi connectivity index (χ0v) is 18.8. The highest BCUT2D eigenvalue weighted by Gasteiger charge is 2.31. The van der Waals surface area contributed by atoms with Gasteiger partial charge < -0.3 is 21.3 Å². The maximum Gasteiger partial charge on any atom is 0.336 e. The quantitative estimate of drug-likeness (QED) is 0.297. The van der Waals surface area contributed by atoms with Gasteiger partial charge in [-0.1, -0.05) is 30.3 Å². The monoisotopic (exact) mass is 479 g/mol. The molecule has 34 heavy (non-hydrogen) atoms. The third-order valence-electron chi connectivity index (χ3n) is 5.21. The number of primary amides is 1. The van der Waals surface area contributed by atoms with Gasteiger partial charge in [0, 0.05) is 23.1 Å². The minimum atomic E-state index is -4.60. The number of nitrogen functional groups attached to an aromatic ring is 1. The summed E-state index contributed by atoms with van der Waals surface area (Å²) in [6, 6.07) is 12.7. The SMILES string of the molecule is C#CCc1c(C(=O)O)ccc(OC)c1-c1cc(-c2ccccc2)c(N)c(C(N)=O)c1S(N)(=O)=O. The molecule has 0 bridgehead atoms. The molecule has 0 saturated carbocycles. The normalized spacial score (nSPS) is 11.0. The Morgan fingerprint density at radius 1 is 1.12 bits per heavy atom. The Morgan fingerprint density at radius 3 is 2.26 bits per heavy atom. The highest BCUT2D eigenvalue weighted by atomic mass is 32.2. The van der Waals surface area contributed by atoms with Crippen LogP contribution in [0.5, 0.6) is 5.75 Å². The van der Waals surface area contributed by atoms with E-state index in [1.807, 2.05) is 0 Å². The number of aromatic carboxylic acids is 1. The van der Waals surface area contributed by atoms with Crippen molar-refractivity contribution in [1.29, 1.82) is 0 Å². The molecule has 3 rings (SSSR count). The number of anilines is 1. The molecule has 0 aliphatic carbocycles. The number of carbonyl (C=O) groups is 2. The number of carbonyl (C=O) groups excluding carboxylic acids is 1. The van der Waals surface area contributed by atoms with E-state index in [4.69, 9.17) is 27.8 Å². The number of ether oxygens (including phenoxy) is 1. The summed E-state index contributed by atoms with van der Waals surface area (Å²) in [4.78, 5) is 23.7. The molecule has 0 saturated heterocycles. The molecule has 3 aromatic carbocycles. The summed E-state index contributed by atoms with van der Waals surface area (Å²) < 4.78 is 30.9. The van der Waals surface area contributed by atoms with Crippen LogP contribution in [0.25, 0.3) is 22.3 Å². The van der Waals surface area contributed by atoms with E-state index in [-0.39, 0.29) is 45.7 Å². The van der Waals surface area contributed by atoms with Gasteiger partial charge in [0.1, 0.15) is 10.6 Å². The number of nitrogens with two attached hydrogens (primary N) is 3. The van der Waals surface area contributed by atoms with Gasteiger partial charge in [-0.2, -0.15) is 0 Å². The fraction of sp³-hybridized carbons (Fsp3) is 0.0833. The van der Waals surface area contributed by atoms with Crippen LogP contribution in [0, 0.1) is 12.3 Å². The summed E-state index contributed by atoms with van der Waals surface area (Å²) >= 11 is 0. The summed E-state index contributed by atoms with van der Waals surface area (Å²) in [6.07, 6.45) is 5.31. The number of rotatable bonds is 7. The molecule has 174 valence electrons. The summed E-state index contributed by atoms with van der Waals surface area (Å²) in [5.74, 6) is 0.0651. The van der Waals surface area contributed by atoms with Crippen LogP contribution in [0.3, 0.4) is 0 Å². The lowest BCUT2D eigenvalue weighted by Gasteiger charge is -2.22. The standard InChI is InChI=1S/C24H21N3O6S/c1-3-7-14-15(24(29)30)10-11-18(33-2)19(14)17-12-16(13-8-5-4-6-9-13)21(25)20(23(26)28)22(17)34(27,31)32/h1,4-6,8-12H,7,25H2,2H3,(H2,26,28)(H,29,30)(H2,27,31,32). The second-order valence-electron chi connectivity index (χ2n) is 7.22. The fourth-order valence-corrected chi connectivity index (χ4v) is 4.80. The van der Waals surface area contributed by atoms with Gasteiger partial charge in [-0.05, 0) is 29.3 Å². The zero-order chi connectivity index (χ0) is 25.2. The molecule has 7 N–H and O–H groups in total. The molecule has 3 aromatic rings. The van der Waals surface area contributed by atoms with Crippen LogP contribution < -0.4 is 21.3 Å². The molecular formula is C24H21N3O6S. The van der Waals surface area contributed by atoms with E-state index in [0.717, 1.165) is 0 Å². The van der Waals surface area contributed by atoms with Gasteiger partial charge in [0.25, 0.3) is 5.91 Å². The Labute approximate surface area is 196 Å². The first-order chi connectivity index (χ1) is 16.0. The van der Waals surface area contributed by atoms with Gasteiger partial charge in [0.05, 0.1) is 23.9 Å². The largest absolute Gasteiger partial charge is 0.496 e. The third-order valence-corrected chi connectivity index (χ3v) is 6.20. The zero-order valence-electron chi connectivity index (χ0n) is 18.0. The van der Waals surface area contributed by atoms with Crippen molar-refractivity contribution in [3.8, 4) is 40.3 Å². The van der Waals surface area contributed by atoms with Crippen LogP contribution in [0.2, 0.25) is 0 Å². The molecule has 0 spiro atoms. The number of hydrogen-bond donors (Lipinski definition) is 4. The second kappa shape index (κ2) is 9.27. The van der Waals surface area contributed by atoms with Crippen molar-refractivity contribution in [2.45, 2.75) is 11.3 Å². The molecule has 0 radical (unpaired) electrons. The van der Waals surface area contributed by atoms with Crippen LogP contribution in [0.15, 0.2) is 53.4 Å². The number of hydrogen-bond acceptors (Lipinski definition) is 6. The van der Waals surface area contributed by atoms with Crippen molar-refractivity contribution >= 4 is 27.6 Å². The molecular weight excluding hydrogens is 458 g/mol. The van der Waals surface area contributed by atoms with Crippen LogP contribution in [0.1, 0.15) is 26.3 Å². The van der Waals surface area contributed by atoms with E-state index >= 15 is 0 Å². The molecule has 0 aliphatic rings. The smallest absolute Gasteiger partial charge is 0.336 e. The topological polar surface area (TPSA) is 176 Å². The Morgan fingerprint density at radius 2 is 1.76 bits per heavy atom. The fourth-order valence-electron chi connectivity index (χ4n) is 3.84. The molecule has 0 fully saturated rings. The minimum Gasteiger partial charge on any atom is -0.496 e. The summed E-state index contributed by atoms with van der Waals surface area (Å²) in [7, 11) is -3.28. The average molecular weight is 480 g/mol. The molecule has 0 aliphatic heterocycles. The lowest BCUT2D eigenvalue weighted by molar-refractivity contribution is 0.0695.